The average molecular weight is 365 g/mol. The first-order valence-corrected chi connectivity index (χ1v) is 7.07. The zero-order valence-corrected chi connectivity index (χ0v) is 13.3. The Labute approximate surface area is 132 Å². The zero-order chi connectivity index (χ0) is 16.0. The maximum absolute atomic E-state index is 14.0. The number of fused-ring (bicyclic) bond motifs is 1. The van der Waals surface area contributed by atoms with E-state index >= 15 is 0 Å². The van der Waals surface area contributed by atoms with E-state index in [1.807, 2.05) is 0 Å². The van der Waals surface area contributed by atoms with Crippen LogP contribution in [0.25, 0.3) is 22.8 Å². The van der Waals surface area contributed by atoms with Crippen molar-refractivity contribution in [1.29, 1.82) is 0 Å². The highest BCUT2D eigenvalue weighted by Gasteiger charge is 2.19. The molecule has 2 heterocycles. The van der Waals surface area contributed by atoms with Gasteiger partial charge in [-0.2, -0.15) is 4.98 Å². The van der Waals surface area contributed by atoms with Gasteiger partial charge in [-0.05, 0) is 18.2 Å². The van der Waals surface area contributed by atoms with Gasteiger partial charge in [-0.15, -0.1) is 0 Å². The number of halogens is 2. The first-order chi connectivity index (χ1) is 10.4. The van der Waals surface area contributed by atoms with Crippen LogP contribution in [0.3, 0.4) is 0 Å². The second-order valence-electron chi connectivity index (χ2n) is 4.79. The molecular weight excluding hydrogens is 355 g/mol. The molecule has 6 nitrogen and oxygen atoms in total. The fourth-order valence-corrected chi connectivity index (χ4v) is 2.48. The van der Waals surface area contributed by atoms with E-state index in [9.17, 15) is 14.0 Å². The molecule has 0 aromatic heterocycles. The summed E-state index contributed by atoms with van der Waals surface area (Å²) < 4.78 is 17.1. The number of rotatable bonds is 1. The van der Waals surface area contributed by atoms with Crippen LogP contribution in [-0.2, 0) is 14.1 Å². The van der Waals surface area contributed by atoms with Crippen LogP contribution in [0.2, 0.25) is 0 Å². The number of aromatic nitrogens is 4. The summed E-state index contributed by atoms with van der Waals surface area (Å²) in [5.74, 6) is -0.299. The van der Waals surface area contributed by atoms with Gasteiger partial charge in [-0.1, -0.05) is 15.9 Å². The van der Waals surface area contributed by atoms with E-state index < -0.39 is 17.1 Å². The fourth-order valence-electron chi connectivity index (χ4n) is 2.12. The summed E-state index contributed by atoms with van der Waals surface area (Å²) in [6.45, 7) is 0. The largest absolute Gasteiger partial charge is 0.352 e. The SMILES string of the molecule is Cn1cc(-c2cc(Br)ccc2F)nc2c(=O)n(C)c(=O)nc1-2. The van der Waals surface area contributed by atoms with Gasteiger partial charge in [-0.25, -0.2) is 14.2 Å². The van der Waals surface area contributed by atoms with Crippen LogP contribution in [0.1, 0.15) is 0 Å². The summed E-state index contributed by atoms with van der Waals surface area (Å²) in [5, 5.41) is 0. The highest BCUT2D eigenvalue weighted by atomic mass is 79.9. The third-order valence-electron chi connectivity index (χ3n) is 3.29. The molecule has 0 amide bonds. The predicted molar refractivity (Wildman–Crippen MR) is 82.2 cm³/mol. The minimum Gasteiger partial charge on any atom is -0.332 e. The Morgan fingerprint density at radius 1 is 1.18 bits per heavy atom. The molecule has 112 valence electrons. The molecule has 2 aliphatic heterocycles. The molecule has 0 saturated carbocycles. The molecule has 0 N–H and O–H groups in total. The van der Waals surface area contributed by atoms with Crippen molar-refractivity contribution in [1.82, 2.24) is 19.1 Å². The highest BCUT2D eigenvalue weighted by Crippen LogP contribution is 2.26. The monoisotopic (exact) mass is 364 g/mol. The van der Waals surface area contributed by atoms with E-state index in [1.165, 1.54) is 23.9 Å². The molecule has 0 bridgehead atoms. The van der Waals surface area contributed by atoms with Crippen molar-refractivity contribution in [3.63, 3.8) is 0 Å². The predicted octanol–water partition coefficient (Wildman–Crippen LogP) is 1.55. The van der Waals surface area contributed by atoms with Gasteiger partial charge in [-0.3, -0.25) is 9.36 Å². The van der Waals surface area contributed by atoms with Gasteiger partial charge in [0.2, 0.25) is 0 Å². The van der Waals surface area contributed by atoms with E-state index in [0.29, 0.717) is 4.47 Å². The Bertz CT molecular complexity index is 980. The highest BCUT2D eigenvalue weighted by molar-refractivity contribution is 9.10. The molecule has 1 aromatic carbocycles. The van der Waals surface area contributed by atoms with Gasteiger partial charge in [0.15, 0.2) is 11.5 Å². The Balaban J connectivity index is 2.39. The van der Waals surface area contributed by atoms with Crippen LogP contribution >= 0.6 is 15.9 Å². The first-order valence-electron chi connectivity index (χ1n) is 6.28. The summed E-state index contributed by atoms with van der Waals surface area (Å²) in [7, 11) is 2.94. The van der Waals surface area contributed by atoms with Crippen molar-refractivity contribution >= 4 is 15.9 Å². The van der Waals surface area contributed by atoms with Gasteiger partial charge in [0.05, 0.1) is 5.69 Å². The quantitative estimate of drug-likeness (QED) is 0.656. The van der Waals surface area contributed by atoms with Crippen LogP contribution in [0, 0.1) is 5.82 Å². The number of hydrogen-bond acceptors (Lipinski definition) is 4. The Kier molecular flexibility index (Phi) is 3.40. The molecule has 0 unspecified atom stereocenters. The third-order valence-corrected chi connectivity index (χ3v) is 3.79. The molecule has 2 aliphatic rings. The van der Waals surface area contributed by atoms with Crippen molar-refractivity contribution in [3.8, 4) is 22.8 Å². The normalized spacial score (nSPS) is 11.1. The van der Waals surface area contributed by atoms with Crippen LogP contribution < -0.4 is 11.2 Å². The molecule has 0 aliphatic carbocycles. The molecule has 22 heavy (non-hydrogen) atoms. The van der Waals surface area contributed by atoms with E-state index in [4.69, 9.17) is 0 Å². The molecular formula is C14H10BrFN4O2. The van der Waals surface area contributed by atoms with Crippen LogP contribution in [0.15, 0.2) is 38.5 Å². The minimum atomic E-state index is -0.656. The number of hydrogen-bond donors (Lipinski definition) is 0. The summed E-state index contributed by atoms with van der Waals surface area (Å²) in [6, 6.07) is 4.45. The lowest BCUT2D eigenvalue weighted by Gasteiger charge is -2.13. The fraction of sp³-hybridized carbons (Fsp3) is 0.143. The lowest BCUT2D eigenvalue weighted by atomic mass is 10.1. The van der Waals surface area contributed by atoms with E-state index in [-0.39, 0.29) is 22.8 Å². The molecule has 0 radical (unpaired) electrons. The van der Waals surface area contributed by atoms with Crippen LogP contribution in [-0.4, -0.2) is 19.1 Å². The summed E-state index contributed by atoms with van der Waals surface area (Å²) in [6.07, 6.45) is 1.53. The molecule has 8 heteroatoms. The molecule has 1 aromatic rings. The molecule has 0 spiro atoms. The minimum absolute atomic E-state index is 0.0153. The summed E-state index contributed by atoms with van der Waals surface area (Å²) in [5.41, 5.74) is -0.674. The average Bonchev–Trinajstić information content (AvgIpc) is 2.48. The molecule has 0 saturated heterocycles. The van der Waals surface area contributed by atoms with Crippen molar-refractivity contribution in [2.45, 2.75) is 0 Å². The Morgan fingerprint density at radius 3 is 2.64 bits per heavy atom. The second kappa shape index (κ2) is 5.13. The van der Waals surface area contributed by atoms with Gasteiger partial charge in [0.25, 0.3) is 5.56 Å². The van der Waals surface area contributed by atoms with Gasteiger partial charge in [0.1, 0.15) is 5.82 Å². The van der Waals surface area contributed by atoms with Crippen LogP contribution in [0.4, 0.5) is 4.39 Å². The molecule has 0 fully saturated rings. The second-order valence-corrected chi connectivity index (χ2v) is 5.71. The lowest BCUT2D eigenvalue weighted by molar-refractivity contribution is 0.630. The van der Waals surface area contributed by atoms with E-state index in [1.54, 1.807) is 19.2 Å². The van der Waals surface area contributed by atoms with E-state index in [0.717, 1.165) is 4.57 Å². The van der Waals surface area contributed by atoms with Gasteiger partial charge in [0, 0.05) is 30.3 Å². The number of aryl methyl sites for hydroxylation is 1. The molecule has 0 atom stereocenters. The Hall–Kier alpha value is -2.35. The number of benzene rings is 1. The maximum atomic E-state index is 14.0. The molecule has 3 rings (SSSR count). The summed E-state index contributed by atoms with van der Waals surface area (Å²) in [4.78, 5) is 31.8. The van der Waals surface area contributed by atoms with Crippen molar-refractivity contribution < 1.29 is 4.39 Å². The summed E-state index contributed by atoms with van der Waals surface area (Å²) >= 11 is 3.28. The standard InChI is InChI=1S/C14H10BrFN4O2/c1-19-6-10(8-5-7(15)3-4-9(8)16)17-11-12(19)18-14(22)20(2)13(11)21/h3-6H,1-2H3. The lowest BCUT2D eigenvalue weighted by Crippen LogP contribution is -2.36. The maximum Gasteiger partial charge on any atom is 0.352 e. The zero-order valence-electron chi connectivity index (χ0n) is 11.7. The van der Waals surface area contributed by atoms with Gasteiger partial charge >= 0.3 is 5.69 Å². The third kappa shape index (κ3) is 2.25. The van der Waals surface area contributed by atoms with Gasteiger partial charge < -0.3 is 4.57 Å². The van der Waals surface area contributed by atoms with Crippen molar-refractivity contribution in [2.75, 3.05) is 0 Å². The van der Waals surface area contributed by atoms with E-state index in [2.05, 4.69) is 25.9 Å². The van der Waals surface area contributed by atoms with Crippen molar-refractivity contribution in [2.24, 2.45) is 14.1 Å². The van der Waals surface area contributed by atoms with Crippen molar-refractivity contribution in [3.05, 3.63) is 55.5 Å². The Morgan fingerprint density at radius 2 is 1.91 bits per heavy atom. The topological polar surface area (TPSA) is 69.8 Å². The smallest absolute Gasteiger partial charge is 0.332 e. The van der Waals surface area contributed by atoms with Crippen LogP contribution in [0.5, 0.6) is 0 Å². The first kappa shape index (κ1) is 14.6. The number of nitrogens with zero attached hydrogens (tertiary/aromatic N) is 4.